The Morgan fingerprint density at radius 3 is 1.97 bits per heavy atom. The van der Waals surface area contributed by atoms with Crippen LogP contribution in [-0.4, -0.2) is 11.6 Å². The van der Waals surface area contributed by atoms with Crippen LogP contribution in [0.3, 0.4) is 0 Å². The second-order valence-electron chi connectivity index (χ2n) is 6.58. The van der Waals surface area contributed by atoms with Crippen LogP contribution in [0.2, 0.25) is 0 Å². The second-order valence-corrected chi connectivity index (χ2v) is 7.66. The highest BCUT2D eigenvalue weighted by Gasteiger charge is 2.42. The van der Waals surface area contributed by atoms with Gasteiger partial charge in [-0.1, -0.05) is 30.3 Å². The van der Waals surface area contributed by atoms with E-state index in [1.54, 1.807) is 12.1 Å². The highest BCUT2D eigenvalue weighted by Crippen LogP contribution is 2.38. The summed E-state index contributed by atoms with van der Waals surface area (Å²) in [4.78, 5) is 25.8. The van der Waals surface area contributed by atoms with E-state index in [1.807, 2.05) is 30.3 Å². The standard InChI is InChI=1S/C22H8F4O3S/c23-17-15-16(18(24)20(26)19(17)25)22(28)11(21(15)27)6-10-7-14-12(29-10)8-13(30-14)9-4-2-1-3-5-9/h1-8H. The van der Waals surface area contributed by atoms with Gasteiger partial charge in [0.25, 0.3) is 0 Å². The molecule has 0 saturated heterocycles. The molecule has 30 heavy (non-hydrogen) atoms. The van der Waals surface area contributed by atoms with Gasteiger partial charge >= 0.3 is 0 Å². The van der Waals surface area contributed by atoms with Gasteiger partial charge in [0.15, 0.2) is 23.3 Å². The molecule has 1 aliphatic rings. The molecule has 5 rings (SSSR count). The van der Waals surface area contributed by atoms with Gasteiger partial charge in [-0.2, -0.15) is 0 Å². The number of halogens is 4. The first kappa shape index (κ1) is 18.5. The lowest BCUT2D eigenvalue weighted by Gasteiger charge is -2.02. The first-order valence-electron chi connectivity index (χ1n) is 8.62. The van der Waals surface area contributed by atoms with Crippen LogP contribution in [0.4, 0.5) is 17.6 Å². The normalized spacial score (nSPS) is 13.4. The topological polar surface area (TPSA) is 47.3 Å². The molecule has 0 unspecified atom stereocenters. The molecule has 4 aromatic rings. The third kappa shape index (κ3) is 2.57. The largest absolute Gasteiger partial charge is 0.456 e. The maximum Gasteiger partial charge on any atom is 0.201 e. The number of rotatable bonds is 2. The summed E-state index contributed by atoms with van der Waals surface area (Å²) in [6.45, 7) is 0. The zero-order valence-electron chi connectivity index (χ0n) is 14.8. The van der Waals surface area contributed by atoms with Crippen molar-refractivity contribution in [3.63, 3.8) is 0 Å². The molecule has 3 nitrogen and oxygen atoms in total. The number of furan rings is 1. The number of hydrogen-bond donors (Lipinski definition) is 0. The van der Waals surface area contributed by atoms with Gasteiger partial charge in [-0.05, 0) is 11.6 Å². The maximum atomic E-state index is 14.0. The van der Waals surface area contributed by atoms with Gasteiger partial charge in [-0.3, -0.25) is 9.59 Å². The highest BCUT2D eigenvalue weighted by atomic mass is 32.1. The third-order valence-electron chi connectivity index (χ3n) is 4.78. The molecule has 148 valence electrons. The minimum Gasteiger partial charge on any atom is -0.456 e. The molecule has 0 saturated carbocycles. The van der Waals surface area contributed by atoms with Crippen molar-refractivity contribution in [2.24, 2.45) is 0 Å². The van der Waals surface area contributed by atoms with E-state index in [4.69, 9.17) is 4.42 Å². The number of fused-ring (bicyclic) bond motifs is 2. The molecule has 0 N–H and O–H groups in total. The van der Waals surface area contributed by atoms with E-state index in [0.29, 0.717) is 5.58 Å². The minimum absolute atomic E-state index is 0.0992. The van der Waals surface area contributed by atoms with Crippen molar-refractivity contribution in [1.29, 1.82) is 0 Å². The molecule has 2 aromatic carbocycles. The SMILES string of the molecule is O=C1C(=Cc2cc3sc(-c4ccccc4)cc3o2)C(=O)c2c(F)c(F)c(F)c(F)c21. The van der Waals surface area contributed by atoms with Crippen molar-refractivity contribution < 1.29 is 31.6 Å². The average Bonchev–Trinajstić information content (AvgIpc) is 3.38. The van der Waals surface area contributed by atoms with Gasteiger partial charge in [0.05, 0.1) is 21.4 Å². The summed E-state index contributed by atoms with van der Waals surface area (Å²) in [5.41, 5.74) is -1.36. The summed E-state index contributed by atoms with van der Waals surface area (Å²) >= 11 is 1.41. The lowest BCUT2D eigenvalue weighted by atomic mass is 10.1. The van der Waals surface area contributed by atoms with E-state index >= 15 is 0 Å². The predicted molar refractivity (Wildman–Crippen MR) is 102 cm³/mol. The van der Waals surface area contributed by atoms with Crippen LogP contribution >= 0.6 is 11.3 Å². The van der Waals surface area contributed by atoms with Gasteiger partial charge in [-0.25, -0.2) is 17.6 Å². The Kier molecular flexibility index (Phi) is 4.01. The number of allylic oxidation sites excluding steroid dienone is 1. The van der Waals surface area contributed by atoms with Gasteiger partial charge in [-0.15, -0.1) is 11.3 Å². The Morgan fingerprint density at radius 1 is 0.800 bits per heavy atom. The molecule has 0 amide bonds. The smallest absolute Gasteiger partial charge is 0.201 e. The van der Waals surface area contributed by atoms with E-state index in [1.165, 1.54) is 11.3 Å². The lowest BCUT2D eigenvalue weighted by molar-refractivity contribution is 0.0988. The van der Waals surface area contributed by atoms with Crippen LogP contribution in [0.15, 0.2) is 52.5 Å². The molecule has 0 fully saturated rings. The van der Waals surface area contributed by atoms with E-state index in [-0.39, 0.29) is 5.76 Å². The van der Waals surface area contributed by atoms with Gasteiger partial charge in [0.1, 0.15) is 11.3 Å². The Bertz CT molecular complexity index is 1330. The summed E-state index contributed by atoms with van der Waals surface area (Å²) in [6.07, 6.45) is 1.02. The fourth-order valence-electron chi connectivity index (χ4n) is 3.37. The van der Waals surface area contributed by atoms with Crippen molar-refractivity contribution in [1.82, 2.24) is 0 Å². The minimum atomic E-state index is -2.14. The summed E-state index contributed by atoms with van der Waals surface area (Å²) in [6, 6.07) is 12.9. The van der Waals surface area contributed by atoms with Crippen LogP contribution in [0.5, 0.6) is 0 Å². The molecular formula is C22H8F4O3S. The molecule has 2 aromatic heterocycles. The predicted octanol–water partition coefficient (Wildman–Crippen LogP) is 6.18. The zero-order chi connectivity index (χ0) is 21.2. The van der Waals surface area contributed by atoms with Gasteiger partial charge in [0.2, 0.25) is 11.6 Å². The Hall–Kier alpha value is -3.52. The maximum absolute atomic E-state index is 14.0. The number of hydrogen-bond acceptors (Lipinski definition) is 4. The monoisotopic (exact) mass is 428 g/mol. The molecule has 8 heteroatoms. The number of carbonyl (C=O) groups excluding carboxylic acids is 2. The number of thiophene rings is 1. The number of carbonyl (C=O) groups is 2. The molecule has 0 aliphatic heterocycles. The third-order valence-corrected chi connectivity index (χ3v) is 5.89. The number of ketones is 2. The van der Waals surface area contributed by atoms with E-state index in [9.17, 15) is 27.2 Å². The van der Waals surface area contributed by atoms with E-state index in [0.717, 1.165) is 21.2 Å². The van der Waals surface area contributed by atoms with Crippen molar-refractivity contribution in [2.45, 2.75) is 0 Å². The van der Waals surface area contributed by atoms with Crippen molar-refractivity contribution in [2.75, 3.05) is 0 Å². The average molecular weight is 428 g/mol. The lowest BCUT2D eigenvalue weighted by Crippen LogP contribution is -2.07. The van der Waals surface area contributed by atoms with E-state index < -0.39 is 51.5 Å². The fraction of sp³-hybridized carbons (Fsp3) is 0. The molecule has 0 spiro atoms. The first-order valence-corrected chi connectivity index (χ1v) is 9.44. The molecule has 2 heterocycles. The summed E-state index contributed by atoms with van der Waals surface area (Å²) in [7, 11) is 0. The first-order chi connectivity index (χ1) is 14.4. The molecule has 0 bridgehead atoms. The van der Waals surface area contributed by atoms with E-state index in [2.05, 4.69) is 0 Å². The Labute approximate surface area is 169 Å². The molecular weight excluding hydrogens is 420 g/mol. The number of benzene rings is 2. The summed E-state index contributed by atoms with van der Waals surface area (Å²) in [5.74, 6) is -10.4. The Balaban J connectivity index is 1.57. The van der Waals surface area contributed by atoms with Crippen molar-refractivity contribution >= 4 is 39.3 Å². The highest BCUT2D eigenvalue weighted by molar-refractivity contribution is 7.22. The summed E-state index contributed by atoms with van der Waals surface area (Å²) in [5, 5.41) is 0. The van der Waals surface area contributed by atoms with Crippen LogP contribution in [0.25, 0.3) is 26.8 Å². The van der Waals surface area contributed by atoms with Crippen molar-refractivity contribution in [3.05, 3.63) is 88.2 Å². The number of Topliss-reactive ketones (excluding diaryl/α,β-unsaturated/α-hetero) is 2. The van der Waals surface area contributed by atoms with Crippen LogP contribution in [0.1, 0.15) is 26.5 Å². The van der Waals surface area contributed by atoms with Crippen LogP contribution in [-0.2, 0) is 0 Å². The molecule has 1 aliphatic carbocycles. The van der Waals surface area contributed by atoms with Gasteiger partial charge < -0.3 is 4.42 Å². The molecule has 0 atom stereocenters. The van der Waals surface area contributed by atoms with Crippen LogP contribution in [0, 0.1) is 23.3 Å². The Morgan fingerprint density at radius 2 is 1.40 bits per heavy atom. The summed E-state index contributed by atoms with van der Waals surface area (Å²) < 4.78 is 61.3. The fourth-order valence-corrected chi connectivity index (χ4v) is 4.41. The van der Waals surface area contributed by atoms with Gasteiger partial charge in [0, 0.05) is 17.0 Å². The zero-order valence-corrected chi connectivity index (χ0v) is 15.6. The van der Waals surface area contributed by atoms with Crippen LogP contribution < -0.4 is 0 Å². The van der Waals surface area contributed by atoms with Crippen molar-refractivity contribution in [3.8, 4) is 10.4 Å². The quantitative estimate of drug-likeness (QED) is 0.126. The molecule has 0 radical (unpaired) electrons. The second kappa shape index (κ2) is 6.50.